The number of hydrogen-bond donors (Lipinski definition) is 0. The molecule has 0 unspecified atom stereocenters. The standard InChI is InChI=1S/C10H20N2Si.C10H19N2Si.2C7H12N2.C6H15ClSi.C4H6N2.C4H5N2.2C4H9.4Li/c2*1-5-13(6-2,7-3)10-11-8-9-12(10)4;1-6(2)7-4-8-5-9(7)3;1-6(2)7-8-4-5-9(7)3;1-4-8(7,5-2)6-3;2*1-6-3-2-5-4-6;2*1-3-4-2;;;;/h8-9H,5-7H2,1-4H3;8H,5-7H2,1-4H3;2*4-6H,1-3H3;4-6H2,1-3H3;2-4H,1H3;2-3H,1H3;2*1,3-4H2,2H3;;;;/q;-1;;;;;3*-1;4*+1. The Balaban J connectivity index is -0.000000143. The molecule has 0 aliphatic heterocycles. The van der Waals surface area contributed by atoms with E-state index in [9.17, 15) is 0 Å². The topological polar surface area (TPSA) is 107 Å². The van der Waals surface area contributed by atoms with Gasteiger partial charge in [-0.2, -0.15) is 30.1 Å². The van der Waals surface area contributed by atoms with Crippen LogP contribution in [0.1, 0.15) is 153 Å². The van der Waals surface area contributed by atoms with Crippen molar-refractivity contribution < 1.29 is 75.4 Å². The summed E-state index contributed by atoms with van der Waals surface area (Å²) in [6, 6.07) is 11.5. The van der Waals surface area contributed by atoms with E-state index in [1.54, 1.807) is 29.5 Å². The van der Waals surface area contributed by atoms with Crippen LogP contribution < -0.4 is 86.3 Å². The molecule has 0 bridgehead atoms. The second kappa shape index (κ2) is 52.9. The van der Waals surface area contributed by atoms with Crippen molar-refractivity contribution in [2.45, 2.75) is 196 Å². The average molecular weight is 1100 g/mol. The number of aromatic nitrogens is 12. The second-order valence-corrected chi connectivity index (χ2v) is 35.8. The van der Waals surface area contributed by atoms with Crippen LogP contribution in [0.3, 0.4) is 0 Å². The average Bonchev–Trinajstić information content (AvgIpc) is 4.29. The van der Waals surface area contributed by atoms with Gasteiger partial charge in [-0.15, -0.1) is 12.4 Å². The number of imidazole rings is 6. The summed E-state index contributed by atoms with van der Waals surface area (Å²) in [5.74, 6) is 2.26. The first kappa shape index (κ1) is 88.4. The quantitative estimate of drug-likeness (QED) is 0.0889. The SMILES string of the molecule is CC(C)c1cncn1C.CC(C)c1nccn1C.CC[Si](CC)(CC)c1nc[c-]n1C.CC[Si](CC)(CC)c1nccn1C.CC[Si](Cl)(CC)CC.Cn1[c-]ncc1.Cn1ccnc1.[CH2-]CCC.[CH2-]CCC.[Li+].[Li+].[Li+].[Li+]. The molecule has 76 heavy (non-hydrogen) atoms. The fraction of sp³-hybridized carbons (Fsp3) is 0.643. The summed E-state index contributed by atoms with van der Waals surface area (Å²) >= 11 is 6.23. The summed E-state index contributed by atoms with van der Waals surface area (Å²) < 4.78 is 12.0. The normalized spacial score (nSPS) is 10.1. The third-order valence-electron chi connectivity index (χ3n) is 13.2. The van der Waals surface area contributed by atoms with Gasteiger partial charge in [0.1, 0.15) is 13.9 Å². The van der Waals surface area contributed by atoms with E-state index in [1.165, 1.54) is 83.8 Å². The van der Waals surface area contributed by atoms with Gasteiger partial charge >= 0.3 is 75.4 Å². The van der Waals surface area contributed by atoms with Gasteiger partial charge in [0.2, 0.25) is 0 Å². The zero-order chi connectivity index (χ0) is 55.8. The first-order valence-corrected chi connectivity index (χ1v) is 35.9. The Labute approximate surface area is 524 Å². The molecular weight excluding hydrogens is 988 g/mol. The van der Waals surface area contributed by atoms with Gasteiger partial charge in [0.15, 0.2) is 7.38 Å². The van der Waals surface area contributed by atoms with Crippen LogP contribution in [0, 0.1) is 26.4 Å². The molecule has 0 spiro atoms. The maximum Gasteiger partial charge on any atom is 1.00 e. The van der Waals surface area contributed by atoms with Crippen LogP contribution in [-0.4, -0.2) is 80.8 Å². The van der Waals surface area contributed by atoms with E-state index in [4.69, 9.17) is 11.1 Å². The summed E-state index contributed by atoms with van der Waals surface area (Å²) in [4.78, 5) is 24.6. The molecule has 0 atom stereocenters. The molecule has 0 aliphatic carbocycles. The monoisotopic (exact) mass is 1090 g/mol. The van der Waals surface area contributed by atoms with Crippen molar-refractivity contribution in [2.24, 2.45) is 42.3 Å². The predicted molar refractivity (Wildman–Crippen MR) is 322 cm³/mol. The van der Waals surface area contributed by atoms with E-state index in [0.717, 1.165) is 18.7 Å². The first-order valence-electron chi connectivity index (χ1n) is 27.0. The van der Waals surface area contributed by atoms with Crippen molar-refractivity contribution >= 4 is 45.5 Å². The summed E-state index contributed by atoms with van der Waals surface area (Å²) in [7, 11) is 8.33. The van der Waals surface area contributed by atoms with Crippen LogP contribution in [0.4, 0.5) is 0 Å². The van der Waals surface area contributed by atoms with Gasteiger partial charge in [-0.1, -0.05) is 165 Å². The van der Waals surface area contributed by atoms with Crippen molar-refractivity contribution in [3.63, 3.8) is 0 Å². The third-order valence-corrected chi connectivity index (χ3v) is 30.4. The molecular formula is C56H107ClLi4N12Si3. The van der Waals surface area contributed by atoms with Crippen LogP contribution in [-0.2, 0) is 42.3 Å². The minimum absolute atomic E-state index is 0. The fourth-order valence-electron chi connectivity index (χ4n) is 7.37. The molecule has 414 valence electrons. The van der Waals surface area contributed by atoms with Gasteiger partial charge < -0.3 is 51.2 Å². The van der Waals surface area contributed by atoms with Crippen LogP contribution >= 0.6 is 11.1 Å². The molecule has 0 saturated carbocycles. The summed E-state index contributed by atoms with van der Waals surface area (Å²) in [6.45, 7) is 40.5. The van der Waals surface area contributed by atoms with Crippen LogP contribution in [0.25, 0.3) is 0 Å². The van der Waals surface area contributed by atoms with E-state index in [0.29, 0.717) is 11.8 Å². The Morgan fingerprint density at radius 3 is 1.17 bits per heavy atom. The van der Waals surface area contributed by atoms with Crippen LogP contribution in [0.15, 0.2) is 74.6 Å². The van der Waals surface area contributed by atoms with E-state index in [-0.39, 0.29) is 75.4 Å². The largest absolute Gasteiger partial charge is 1.00 e. The van der Waals surface area contributed by atoms with E-state index in [2.05, 4.69) is 190 Å². The fourth-order valence-corrected chi connectivity index (χ4v) is 16.0. The molecule has 6 rings (SSSR count). The molecule has 0 fully saturated rings. The second-order valence-electron chi connectivity index (χ2n) is 18.7. The van der Waals surface area contributed by atoms with Crippen molar-refractivity contribution in [3.05, 3.63) is 113 Å². The first-order chi connectivity index (χ1) is 34.1. The molecule has 0 N–H and O–H groups in total. The Kier molecular flexibility index (Phi) is 61.6. The minimum Gasteiger partial charge on any atom is -0.503 e. The molecule has 12 nitrogen and oxygen atoms in total. The van der Waals surface area contributed by atoms with Gasteiger partial charge in [-0.25, -0.2) is 19.9 Å². The predicted octanol–water partition coefficient (Wildman–Crippen LogP) is 2.29. The molecule has 0 aliphatic rings. The smallest absolute Gasteiger partial charge is 0.503 e. The van der Waals surface area contributed by atoms with E-state index >= 15 is 0 Å². The van der Waals surface area contributed by atoms with E-state index in [1.807, 2.05) is 85.4 Å². The van der Waals surface area contributed by atoms with Gasteiger partial charge in [0.25, 0.3) is 0 Å². The van der Waals surface area contributed by atoms with Crippen LogP contribution in [0.2, 0.25) is 54.4 Å². The van der Waals surface area contributed by atoms with E-state index < -0.39 is 23.5 Å². The maximum atomic E-state index is 6.23. The number of halogens is 1. The molecule has 20 heteroatoms. The summed E-state index contributed by atoms with van der Waals surface area (Å²) in [6.07, 6.45) is 32.6. The molecule has 6 aromatic rings. The maximum absolute atomic E-state index is 6.23. The van der Waals surface area contributed by atoms with Crippen molar-refractivity contribution in [1.29, 1.82) is 0 Å². The van der Waals surface area contributed by atoms with Gasteiger partial charge in [0, 0.05) is 97.6 Å². The minimum atomic E-state index is -1.27. The molecule has 0 saturated heterocycles. The number of hydrogen-bond acceptors (Lipinski definition) is 6. The van der Waals surface area contributed by atoms with Crippen molar-refractivity contribution in [3.8, 4) is 0 Å². The Hall–Kier alpha value is -1.41. The Morgan fingerprint density at radius 1 is 0.526 bits per heavy atom. The van der Waals surface area contributed by atoms with Crippen LogP contribution in [0.5, 0.6) is 0 Å². The molecule has 6 aromatic heterocycles. The summed E-state index contributed by atoms with van der Waals surface area (Å²) in [5.41, 5.74) is 3.98. The van der Waals surface area contributed by atoms with Gasteiger partial charge in [0.05, 0.1) is 18.1 Å². The third kappa shape index (κ3) is 36.0. The molecule has 6 heterocycles. The Morgan fingerprint density at radius 2 is 0.987 bits per heavy atom. The molecule has 0 aromatic carbocycles. The number of aryl methyl sites for hydroxylation is 6. The van der Waals surface area contributed by atoms with Crippen molar-refractivity contribution in [2.75, 3.05) is 0 Å². The van der Waals surface area contributed by atoms with Gasteiger partial charge in [-0.3, -0.25) is 0 Å². The molecule has 0 amide bonds. The zero-order valence-electron chi connectivity index (χ0n) is 53.9. The Bertz CT molecular complexity index is 1890. The zero-order valence-corrected chi connectivity index (χ0v) is 57.7. The number of nitrogens with zero attached hydrogens (tertiary/aromatic N) is 12. The van der Waals surface area contributed by atoms with Gasteiger partial charge in [-0.05, 0) is 38.1 Å². The molecule has 0 radical (unpaired) electrons. The van der Waals surface area contributed by atoms with Crippen molar-refractivity contribution in [1.82, 2.24) is 57.3 Å². The number of rotatable bonds is 15. The number of unbranched alkanes of at least 4 members (excludes halogenated alkanes) is 2. The summed E-state index contributed by atoms with van der Waals surface area (Å²) in [5, 5.41) is 0.